The molecule has 0 aliphatic carbocycles. The number of amides is 1. The molecule has 6 heteroatoms. The lowest BCUT2D eigenvalue weighted by Gasteiger charge is -2.08. The lowest BCUT2D eigenvalue weighted by Crippen LogP contribution is -2.18. The molecule has 21 heavy (non-hydrogen) atoms. The lowest BCUT2D eigenvalue weighted by molar-refractivity contribution is 0.0957. The number of hydrogen-bond acceptors (Lipinski definition) is 3. The summed E-state index contributed by atoms with van der Waals surface area (Å²) in [6.07, 6.45) is 2.83. The van der Waals surface area contributed by atoms with Crippen LogP contribution in [0.3, 0.4) is 0 Å². The minimum Gasteiger partial charge on any atom is -0.354 e. The minimum atomic E-state index is -0.208. The van der Waals surface area contributed by atoms with E-state index >= 15 is 0 Å². The molecule has 5 nitrogen and oxygen atoms in total. The monoisotopic (exact) mass is 306 g/mol. The molecule has 2 aromatic rings. The normalized spacial score (nSPS) is 10.6. The number of nitrogens with zero attached hydrogens (tertiary/aromatic N) is 2. The van der Waals surface area contributed by atoms with E-state index in [2.05, 4.69) is 22.7 Å². The van der Waals surface area contributed by atoms with Crippen LogP contribution in [-0.4, -0.2) is 29.3 Å². The summed E-state index contributed by atoms with van der Waals surface area (Å²) in [6.45, 7) is 3.84. The van der Waals surface area contributed by atoms with Crippen LogP contribution in [0.1, 0.15) is 29.4 Å². The van der Waals surface area contributed by atoms with Gasteiger partial charge in [0.15, 0.2) is 5.69 Å². The van der Waals surface area contributed by atoms with Gasteiger partial charge in [0.1, 0.15) is 0 Å². The Hall–Kier alpha value is -1.85. The van der Waals surface area contributed by atoms with Gasteiger partial charge in [-0.2, -0.15) is 5.10 Å². The Morgan fingerprint density at radius 3 is 2.86 bits per heavy atom. The molecule has 0 saturated heterocycles. The zero-order valence-electron chi connectivity index (χ0n) is 12.2. The Morgan fingerprint density at radius 1 is 1.38 bits per heavy atom. The van der Waals surface area contributed by atoms with Crippen LogP contribution in [0.25, 0.3) is 5.69 Å². The summed E-state index contributed by atoms with van der Waals surface area (Å²) >= 11 is 6.29. The van der Waals surface area contributed by atoms with Crippen molar-refractivity contribution >= 4 is 17.5 Å². The highest BCUT2D eigenvalue weighted by Crippen LogP contribution is 2.20. The molecule has 0 bridgehead atoms. The number of rotatable bonds is 6. The van der Waals surface area contributed by atoms with Crippen LogP contribution in [0.4, 0.5) is 0 Å². The first kappa shape index (κ1) is 15.5. The van der Waals surface area contributed by atoms with Crippen molar-refractivity contribution in [1.29, 1.82) is 0 Å². The van der Waals surface area contributed by atoms with Gasteiger partial charge in [-0.05, 0) is 36.7 Å². The number of carbonyl (C=O) groups excluding carboxylic acids is 1. The predicted octanol–water partition coefficient (Wildman–Crippen LogP) is 2.38. The molecule has 0 saturated carbocycles. The molecular formula is C15H19ClN4O. The van der Waals surface area contributed by atoms with Gasteiger partial charge in [0, 0.05) is 24.8 Å². The van der Waals surface area contributed by atoms with Crippen LogP contribution in [0, 0.1) is 0 Å². The third-order valence-electron chi connectivity index (χ3n) is 3.09. The van der Waals surface area contributed by atoms with Crippen molar-refractivity contribution < 1.29 is 4.79 Å². The molecule has 2 N–H and O–H groups in total. The summed E-state index contributed by atoms with van der Waals surface area (Å²) in [5.74, 6) is -0.208. The van der Waals surface area contributed by atoms with Crippen molar-refractivity contribution in [3.63, 3.8) is 0 Å². The molecule has 0 radical (unpaired) electrons. The quantitative estimate of drug-likeness (QED) is 0.806. The summed E-state index contributed by atoms with van der Waals surface area (Å²) in [7, 11) is 1.58. The zero-order chi connectivity index (χ0) is 15.2. The van der Waals surface area contributed by atoms with Gasteiger partial charge in [-0.3, -0.25) is 4.79 Å². The molecule has 1 aromatic carbocycles. The van der Waals surface area contributed by atoms with Crippen LogP contribution in [0.15, 0.2) is 30.5 Å². The van der Waals surface area contributed by atoms with E-state index in [-0.39, 0.29) is 5.91 Å². The average Bonchev–Trinajstić information content (AvgIpc) is 2.98. The van der Waals surface area contributed by atoms with Crippen LogP contribution in [0.5, 0.6) is 0 Å². The van der Waals surface area contributed by atoms with Crippen molar-refractivity contribution in [2.45, 2.75) is 19.9 Å². The number of nitrogens with one attached hydrogen (secondary N) is 2. The SMILES string of the molecule is CCCNCc1ccc(-n2ccc(C(=O)NC)n2)cc1Cl. The first-order valence-corrected chi connectivity index (χ1v) is 7.30. The highest BCUT2D eigenvalue weighted by atomic mass is 35.5. The summed E-state index contributed by atoms with van der Waals surface area (Å²) in [6, 6.07) is 7.44. The molecule has 0 spiro atoms. The maximum absolute atomic E-state index is 11.5. The Bertz CT molecular complexity index is 624. The highest BCUT2D eigenvalue weighted by Gasteiger charge is 2.09. The van der Waals surface area contributed by atoms with Crippen molar-refractivity contribution in [3.05, 3.63) is 46.7 Å². The average molecular weight is 307 g/mol. The van der Waals surface area contributed by atoms with Gasteiger partial charge in [0.25, 0.3) is 5.91 Å². The molecule has 0 unspecified atom stereocenters. The van der Waals surface area contributed by atoms with Gasteiger partial charge in [-0.15, -0.1) is 0 Å². The van der Waals surface area contributed by atoms with Crippen LogP contribution < -0.4 is 10.6 Å². The fourth-order valence-corrected chi connectivity index (χ4v) is 2.18. The van der Waals surface area contributed by atoms with Crippen LogP contribution in [0.2, 0.25) is 5.02 Å². The van der Waals surface area contributed by atoms with Gasteiger partial charge in [0.05, 0.1) is 5.69 Å². The molecule has 1 heterocycles. The Morgan fingerprint density at radius 2 is 2.19 bits per heavy atom. The second kappa shape index (κ2) is 7.24. The van der Waals surface area contributed by atoms with Crippen molar-refractivity contribution in [1.82, 2.24) is 20.4 Å². The van der Waals surface area contributed by atoms with E-state index < -0.39 is 0 Å². The first-order chi connectivity index (χ1) is 10.2. The van der Waals surface area contributed by atoms with Crippen LogP contribution in [-0.2, 0) is 6.54 Å². The topological polar surface area (TPSA) is 59.0 Å². The second-order valence-corrected chi connectivity index (χ2v) is 5.08. The molecular weight excluding hydrogens is 288 g/mol. The fraction of sp³-hybridized carbons (Fsp3) is 0.333. The smallest absolute Gasteiger partial charge is 0.271 e. The van der Waals surface area contributed by atoms with Crippen LogP contribution >= 0.6 is 11.6 Å². The van der Waals surface area contributed by atoms with Gasteiger partial charge < -0.3 is 10.6 Å². The van der Waals surface area contributed by atoms with E-state index in [1.54, 1.807) is 24.0 Å². The molecule has 0 atom stereocenters. The standard InChI is InChI=1S/C15H19ClN4O/c1-3-7-18-10-11-4-5-12(9-13(11)16)20-8-6-14(19-20)15(21)17-2/h4-6,8-9,18H,3,7,10H2,1-2H3,(H,17,21). The maximum atomic E-state index is 11.5. The Labute approximate surface area is 129 Å². The number of aromatic nitrogens is 2. The summed E-state index contributed by atoms with van der Waals surface area (Å²) in [4.78, 5) is 11.5. The fourth-order valence-electron chi connectivity index (χ4n) is 1.94. The molecule has 1 amide bonds. The van der Waals surface area contributed by atoms with Gasteiger partial charge in [-0.25, -0.2) is 4.68 Å². The van der Waals surface area contributed by atoms with E-state index in [1.807, 2.05) is 18.2 Å². The van der Waals surface area contributed by atoms with E-state index in [1.165, 1.54) is 0 Å². The van der Waals surface area contributed by atoms with Crippen molar-refractivity contribution in [3.8, 4) is 5.69 Å². The molecule has 112 valence electrons. The maximum Gasteiger partial charge on any atom is 0.271 e. The van der Waals surface area contributed by atoms with Gasteiger partial charge in [-0.1, -0.05) is 24.6 Å². The predicted molar refractivity (Wildman–Crippen MR) is 84.0 cm³/mol. The van der Waals surface area contributed by atoms with E-state index in [9.17, 15) is 4.79 Å². The Balaban J connectivity index is 2.15. The van der Waals surface area contributed by atoms with E-state index in [4.69, 9.17) is 11.6 Å². The molecule has 1 aromatic heterocycles. The number of halogens is 1. The molecule has 0 aliphatic heterocycles. The summed E-state index contributed by atoms with van der Waals surface area (Å²) in [5.41, 5.74) is 2.25. The van der Waals surface area contributed by atoms with Crippen molar-refractivity contribution in [2.24, 2.45) is 0 Å². The highest BCUT2D eigenvalue weighted by molar-refractivity contribution is 6.31. The van der Waals surface area contributed by atoms with Gasteiger partial charge >= 0.3 is 0 Å². The third kappa shape index (κ3) is 3.83. The summed E-state index contributed by atoms with van der Waals surface area (Å²) in [5, 5.41) is 10.8. The largest absolute Gasteiger partial charge is 0.354 e. The number of carbonyl (C=O) groups is 1. The lowest BCUT2D eigenvalue weighted by atomic mass is 10.2. The first-order valence-electron chi connectivity index (χ1n) is 6.93. The minimum absolute atomic E-state index is 0.208. The third-order valence-corrected chi connectivity index (χ3v) is 3.44. The molecule has 0 fully saturated rings. The second-order valence-electron chi connectivity index (χ2n) is 4.68. The molecule has 0 aliphatic rings. The molecule has 2 rings (SSSR count). The number of hydrogen-bond donors (Lipinski definition) is 2. The Kier molecular flexibility index (Phi) is 5.36. The van der Waals surface area contributed by atoms with Crippen molar-refractivity contribution in [2.75, 3.05) is 13.6 Å². The van der Waals surface area contributed by atoms with E-state index in [0.29, 0.717) is 10.7 Å². The summed E-state index contributed by atoms with van der Waals surface area (Å²) < 4.78 is 1.64. The van der Waals surface area contributed by atoms with E-state index in [0.717, 1.165) is 30.8 Å². The number of benzene rings is 1. The zero-order valence-corrected chi connectivity index (χ0v) is 12.9. The van der Waals surface area contributed by atoms with Gasteiger partial charge in [0.2, 0.25) is 0 Å².